The van der Waals surface area contributed by atoms with Gasteiger partial charge in [-0.1, -0.05) is 0 Å². The molecule has 4 heteroatoms. The molecule has 0 bridgehead atoms. The van der Waals surface area contributed by atoms with E-state index in [0.717, 1.165) is 30.9 Å². The molecule has 0 saturated heterocycles. The first-order valence-corrected chi connectivity index (χ1v) is 4.82. The van der Waals surface area contributed by atoms with E-state index in [9.17, 15) is 4.79 Å². The number of nitrogens with zero attached hydrogens (tertiary/aromatic N) is 2. The molecule has 0 aliphatic carbocycles. The Hall–Kier alpha value is -1.32. The highest BCUT2D eigenvalue weighted by molar-refractivity contribution is 5.79. The Balaban J connectivity index is 2.47. The van der Waals surface area contributed by atoms with E-state index < -0.39 is 11.4 Å². The summed E-state index contributed by atoms with van der Waals surface area (Å²) in [5.41, 5.74) is -0.0206. The van der Waals surface area contributed by atoms with E-state index in [4.69, 9.17) is 5.11 Å². The number of carboxylic acid groups (broad SMARTS) is 1. The predicted molar refractivity (Wildman–Crippen MR) is 51.2 cm³/mol. The molecule has 1 aliphatic rings. The first-order valence-electron chi connectivity index (χ1n) is 4.82. The highest BCUT2D eigenvalue weighted by Gasteiger charge is 2.34. The Morgan fingerprint density at radius 1 is 1.64 bits per heavy atom. The van der Waals surface area contributed by atoms with Gasteiger partial charge in [-0.05, 0) is 20.3 Å². The molecule has 1 aromatic rings. The topological polar surface area (TPSA) is 55.1 Å². The standard InChI is InChI=1S/C10H14N2O2/c1-10(2,9(13)14)7-6-11-8-4-3-5-12(7)8/h6H,3-5H2,1-2H3,(H,13,14). The molecule has 0 radical (unpaired) electrons. The molecule has 76 valence electrons. The SMILES string of the molecule is CC(C)(C(=O)O)c1cnc2n1CCC2. The number of imidazole rings is 1. The number of hydrogen-bond donors (Lipinski definition) is 1. The Morgan fingerprint density at radius 2 is 2.36 bits per heavy atom. The van der Waals surface area contributed by atoms with Crippen LogP contribution in [0.25, 0.3) is 0 Å². The Labute approximate surface area is 82.6 Å². The first-order chi connectivity index (χ1) is 6.53. The third-order valence-corrected chi connectivity index (χ3v) is 2.90. The van der Waals surface area contributed by atoms with Crippen molar-refractivity contribution in [3.8, 4) is 0 Å². The van der Waals surface area contributed by atoms with Gasteiger partial charge in [0.25, 0.3) is 0 Å². The summed E-state index contributed by atoms with van der Waals surface area (Å²) in [4.78, 5) is 15.3. The lowest BCUT2D eigenvalue weighted by Crippen LogP contribution is -2.31. The molecule has 1 aliphatic heterocycles. The van der Waals surface area contributed by atoms with Crippen molar-refractivity contribution in [1.82, 2.24) is 9.55 Å². The van der Waals surface area contributed by atoms with Crippen LogP contribution in [0.5, 0.6) is 0 Å². The van der Waals surface area contributed by atoms with Gasteiger partial charge in [0.1, 0.15) is 11.2 Å². The Bertz CT molecular complexity index is 379. The molecular formula is C10H14N2O2. The highest BCUT2D eigenvalue weighted by atomic mass is 16.4. The highest BCUT2D eigenvalue weighted by Crippen LogP contribution is 2.27. The fraction of sp³-hybridized carbons (Fsp3) is 0.600. The van der Waals surface area contributed by atoms with E-state index in [-0.39, 0.29) is 0 Å². The minimum Gasteiger partial charge on any atom is -0.481 e. The van der Waals surface area contributed by atoms with Crippen molar-refractivity contribution in [2.24, 2.45) is 0 Å². The normalized spacial score (nSPS) is 15.6. The molecule has 2 rings (SSSR count). The Kier molecular flexibility index (Phi) is 1.87. The predicted octanol–water partition coefficient (Wildman–Crippen LogP) is 1.19. The van der Waals surface area contributed by atoms with Crippen LogP contribution < -0.4 is 0 Å². The molecule has 0 unspecified atom stereocenters. The lowest BCUT2D eigenvalue weighted by Gasteiger charge is -2.20. The van der Waals surface area contributed by atoms with E-state index in [2.05, 4.69) is 4.98 Å². The fourth-order valence-electron chi connectivity index (χ4n) is 1.87. The molecule has 14 heavy (non-hydrogen) atoms. The van der Waals surface area contributed by atoms with Gasteiger partial charge in [-0.15, -0.1) is 0 Å². The second-order valence-electron chi connectivity index (χ2n) is 4.25. The van der Waals surface area contributed by atoms with Crippen LogP contribution in [-0.4, -0.2) is 20.6 Å². The van der Waals surface area contributed by atoms with Crippen LogP contribution in [0.3, 0.4) is 0 Å². The van der Waals surface area contributed by atoms with Crippen molar-refractivity contribution >= 4 is 5.97 Å². The molecule has 0 fully saturated rings. The summed E-state index contributed by atoms with van der Waals surface area (Å²) < 4.78 is 2.04. The average molecular weight is 194 g/mol. The van der Waals surface area contributed by atoms with Gasteiger partial charge in [-0.2, -0.15) is 0 Å². The summed E-state index contributed by atoms with van der Waals surface area (Å²) in [6.45, 7) is 4.34. The van der Waals surface area contributed by atoms with E-state index in [1.54, 1.807) is 20.0 Å². The van der Waals surface area contributed by atoms with Crippen molar-refractivity contribution in [3.63, 3.8) is 0 Å². The number of aryl methyl sites for hydroxylation is 1. The lowest BCUT2D eigenvalue weighted by molar-refractivity contribution is -0.142. The second-order valence-corrected chi connectivity index (χ2v) is 4.25. The van der Waals surface area contributed by atoms with Crippen LogP contribution in [0.4, 0.5) is 0 Å². The maximum Gasteiger partial charge on any atom is 0.315 e. The Morgan fingerprint density at radius 3 is 3.00 bits per heavy atom. The second kappa shape index (κ2) is 2.83. The zero-order chi connectivity index (χ0) is 10.3. The third-order valence-electron chi connectivity index (χ3n) is 2.90. The number of aromatic nitrogens is 2. The summed E-state index contributed by atoms with van der Waals surface area (Å²) in [5.74, 6) is 0.224. The molecule has 4 nitrogen and oxygen atoms in total. The number of hydrogen-bond acceptors (Lipinski definition) is 2. The lowest BCUT2D eigenvalue weighted by atomic mass is 9.90. The average Bonchev–Trinajstić information content (AvgIpc) is 2.61. The number of carbonyl (C=O) groups is 1. The van der Waals surface area contributed by atoms with E-state index in [1.165, 1.54) is 0 Å². The van der Waals surface area contributed by atoms with Crippen LogP contribution >= 0.6 is 0 Å². The van der Waals surface area contributed by atoms with E-state index in [0.29, 0.717) is 0 Å². The molecule has 1 aromatic heterocycles. The summed E-state index contributed by atoms with van der Waals surface area (Å²) >= 11 is 0. The number of fused-ring (bicyclic) bond motifs is 1. The zero-order valence-electron chi connectivity index (χ0n) is 8.45. The van der Waals surface area contributed by atoms with Gasteiger partial charge in [-0.25, -0.2) is 4.98 Å². The number of carboxylic acids is 1. The van der Waals surface area contributed by atoms with Crippen LogP contribution in [-0.2, 0) is 23.2 Å². The molecule has 0 amide bonds. The minimum atomic E-state index is -0.838. The third kappa shape index (κ3) is 1.14. The van der Waals surface area contributed by atoms with Gasteiger partial charge in [0.2, 0.25) is 0 Å². The zero-order valence-corrected chi connectivity index (χ0v) is 8.45. The van der Waals surface area contributed by atoms with Crippen molar-refractivity contribution in [2.75, 3.05) is 0 Å². The maximum absolute atomic E-state index is 11.1. The summed E-state index contributed by atoms with van der Waals surface area (Å²) in [7, 11) is 0. The van der Waals surface area contributed by atoms with Gasteiger partial charge in [0.15, 0.2) is 0 Å². The van der Waals surface area contributed by atoms with E-state index >= 15 is 0 Å². The van der Waals surface area contributed by atoms with E-state index in [1.807, 2.05) is 4.57 Å². The van der Waals surface area contributed by atoms with Crippen LogP contribution in [0.1, 0.15) is 31.8 Å². The summed E-state index contributed by atoms with van der Waals surface area (Å²) in [5, 5.41) is 9.10. The van der Waals surface area contributed by atoms with Crippen molar-refractivity contribution in [1.29, 1.82) is 0 Å². The van der Waals surface area contributed by atoms with Crippen LogP contribution in [0.15, 0.2) is 6.20 Å². The summed E-state index contributed by atoms with van der Waals surface area (Å²) in [6, 6.07) is 0. The van der Waals surface area contributed by atoms with Crippen molar-refractivity contribution in [3.05, 3.63) is 17.7 Å². The summed E-state index contributed by atoms with van der Waals surface area (Å²) in [6.07, 6.45) is 3.74. The van der Waals surface area contributed by atoms with Crippen LogP contribution in [0, 0.1) is 0 Å². The molecule has 0 aromatic carbocycles. The number of aliphatic carboxylic acids is 1. The molecule has 1 N–H and O–H groups in total. The monoisotopic (exact) mass is 194 g/mol. The van der Waals surface area contributed by atoms with Gasteiger partial charge in [0.05, 0.1) is 5.69 Å². The maximum atomic E-state index is 11.1. The van der Waals surface area contributed by atoms with Crippen LogP contribution in [0.2, 0.25) is 0 Å². The quantitative estimate of drug-likeness (QED) is 0.769. The number of rotatable bonds is 2. The van der Waals surface area contributed by atoms with Gasteiger partial charge in [-0.3, -0.25) is 4.79 Å². The molecular weight excluding hydrogens is 180 g/mol. The van der Waals surface area contributed by atoms with Crippen molar-refractivity contribution in [2.45, 2.75) is 38.6 Å². The van der Waals surface area contributed by atoms with Gasteiger partial charge >= 0.3 is 5.97 Å². The largest absolute Gasteiger partial charge is 0.481 e. The van der Waals surface area contributed by atoms with Gasteiger partial charge in [0, 0.05) is 19.2 Å². The fourth-order valence-corrected chi connectivity index (χ4v) is 1.87. The minimum absolute atomic E-state index is 0.799. The molecule has 0 spiro atoms. The molecule has 0 saturated carbocycles. The molecule has 0 atom stereocenters. The molecule has 2 heterocycles. The van der Waals surface area contributed by atoms with Gasteiger partial charge < -0.3 is 9.67 Å². The van der Waals surface area contributed by atoms with Crippen molar-refractivity contribution < 1.29 is 9.90 Å². The first kappa shape index (κ1) is 9.24. The smallest absolute Gasteiger partial charge is 0.315 e.